The van der Waals surface area contributed by atoms with Crippen LogP contribution in [-0.4, -0.2) is 34.9 Å². The average Bonchev–Trinajstić information content (AvgIpc) is 3.18. The molecule has 0 saturated heterocycles. The molecule has 2 heterocycles. The highest BCUT2D eigenvalue weighted by Gasteiger charge is 2.22. The highest BCUT2D eigenvalue weighted by atomic mass is 35.5. The van der Waals surface area contributed by atoms with Crippen molar-refractivity contribution in [1.29, 1.82) is 0 Å². The standard InChI is InChI=1S/C24H19ClN2O4/c1-3-31-24(29)18-12-22(23(28)15-8-10-16(30-2)11-9-15)27-14-26-20(13-21(18)27)17-6-4-5-7-19(17)25/h4-14H,3H2,1-2H3. The fourth-order valence-electron chi connectivity index (χ4n) is 3.35. The lowest BCUT2D eigenvalue weighted by Gasteiger charge is -2.07. The van der Waals surface area contributed by atoms with E-state index < -0.39 is 5.97 Å². The molecular formula is C24H19ClN2O4. The molecule has 0 spiro atoms. The number of carbonyl (C=O) groups excluding carboxylic acids is 2. The third-order valence-corrected chi connectivity index (χ3v) is 5.22. The van der Waals surface area contributed by atoms with Crippen LogP contribution in [0.4, 0.5) is 0 Å². The summed E-state index contributed by atoms with van der Waals surface area (Å²) in [5.74, 6) is -0.111. The second-order valence-corrected chi connectivity index (χ2v) is 7.14. The Morgan fingerprint density at radius 2 is 1.81 bits per heavy atom. The molecule has 0 atom stereocenters. The Morgan fingerprint density at radius 1 is 1.06 bits per heavy atom. The van der Waals surface area contributed by atoms with Crippen LogP contribution in [0.5, 0.6) is 5.75 Å². The smallest absolute Gasteiger partial charge is 0.340 e. The zero-order chi connectivity index (χ0) is 22.0. The van der Waals surface area contributed by atoms with Crippen molar-refractivity contribution < 1.29 is 19.1 Å². The van der Waals surface area contributed by atoms with E-state index in [1.54, 1.807) is 54.8 Å². The largest absolute Gasteiger partial charge is 0.497 e. The fourth-order valence-corrected chi connectivity index (χ4v) is 3.58. The Morgan fingerprint density at radius 3 is 2.48 bits per heavy atom. The maximum Gasteiger partial charge on any atom is 0.340 e. The molecule has 0 aliphatic heterocycles. The molecule has 0 amide bonds. The first kappa shape index (κ1) is 20.6. The Balaban J connectivity index is 1.87. The van der Waals surface area contributed by atoms with Crippen molar-refractivity contribution in [3.05, 3.63) is 88.8 Å². The number of hydrogen-bond donors (Lipinski definition) is 0. The number of benzene rings is 2. The predicted octanol–water partition coefficient (Wildman–Crippen LogP) is 5.07. The minimum absolute atomic E-state index is 0.223. The molecule has 0 aliphatic rings. The van der Waals surface area contributed by atoms with Crippen LogP contribution in [0.1, 0.15) is 33.3 Å². The molecule has 31 heavy (non-hydrogen) atoms. The van der Waals surface area contributed by atoms with Crippen molar-refractivity contribution in [3.63, 3.8) is 0 Å². The van der Waals surface area contributed by atoms with Gasteiger partial charge in [-0.15, -0.1) is 0 Å². The summed E-state index contributed by atoms with van der Waals surface area (Å²) < 4.78 is 12.0. The Labute approximate surface area is 184 Å². The summed E-state index contributed by atoms with van der Waals surface area (Å²) in [4.78, 5) is 30.3. The molecule has 0 N–H and O–H groups in total. The maximum atomic E-state index is 13.2. The van der Waals surface area contributed by atoms with Gasteiger partial charge in [0.2, 0.25) is 5.78 Å². The molecule has 0 saturated carbocycles. The zero-order valence-corrected chi connectivity index (χ0v) is 17.7. The highest BCUT2D eigenvalue weighted by Crippen LogP contribution is 2.29. The van der Waals surface area contributed by atoms with Crippen molar-refractivity contribution in [2.24, 2.45) is 0 Å². The van der Waals surface area contributed by atoms with Gasteiger partial charge in [-0.25, -0.2) is 9.78 Å². The Kier molecular flexibility index (Phi) is 5.73. The molecular weight excluding hydrogens is 416 g/mol. The highest BCUT2D eigenvalue weighted by molar-refractivity contribution is 6.33. The molecule has 0 fully saturated rings. The van der Waals surface area contributed by atoms with Crippen LogP contribution in [-0.2, 0) is 4.74 Å². The van der Waals surface area contributed by atoms with Crippen molar-refractivity contribution in [1.82, 2.24) is 9.38 Å². The normalized spacial score (nSPS) is 10.8. The van der Waals surface area contributed by atoms with Crippen molar-refractivity contribution >= 4 is 28.9 Å². The second-order valence-electron chi connectivity index (χ2n) is 6.73. The van der Waals surface area contributed by atoms with E-state index in [-0.39, 0.29) is 18.0 Å². The summed E-state index contributed by atoms with van der Waals surface area (Å²) in [6, 6.07) is 17.4. The number of nitrogens with zero attached hydrogens (tertiary/aromatic N) is 2. The summed E-state index contributed by atoms with van der Waals surface area (Å²) in [6.07, 6.45) is 1.52. The molecule has 0 unspecified atom stereocenters. The molecule has 2 aromatic carbocycles. The first-order chi connectivity index (χ1) is 15.0. The van der Waals surface area contributed by atoms with Crippen molar-refractivity contribution in [2.75, 3.05) is 13.7 Å². The zero-order valence-electron chi connectivity index (χ0n) is 17.0. The molecule has 2 aromatic heterocycles. The summed E-state index contributed by atoms with van der Waals surface area (Å²) in [5.41, 5.74) is 2.89. The van der Waals surface area contributed by atoms with Gasteiger partial charge in [-0.05, 0) is 49.4 Å². The monoisotopic (exact) mass is 434 g/mol. The number of esters is 1. The van der Waals surface area contributed by atoms with E-state index in [1.807, 2.05) is 18.2 Å². The van der Waals surface area contributed by atoms with E-state index in [1.165, 1.54) is 12.4 Å². The minimum atomic E-state index is -0.509. The average molecular weight is 435 g/mol. The second kappa shape index (κ2) is 8.62. The van der Waals surface area contributed by atoms with Crippen LogP contribution >= 0.6 is 11.6 Å². The van der Waals surface area contributed by atoms with Crippen molar-refractivity contribution in [3.8, 4) is 17.0 Å². The predicted molar refractivity (Wildman–Crippen MR) is 118 cm³/mol. The number of ether oxygens (including phenoxy) is 2. The fraction of sp³-hybridized carbons (Fsp3) is 0.125. The number of ketones is 1. The lowest BCUT2D eigenvalue weighted by molar-refractivity contribution is 0.0529. The SMILES string of the molecule is CCOC(=O)c1cc(C(=O)c2ccc(OC)cc2)n2cnc(-c3ccccc3Cl)cc12. The van der Waals surface area contributed by atoms with Crippen LogP contribution in [0.15, 0.2) is 67.0 Å². The van der Waals surface area contributed by atoms with Gasteiger partial charge in [-0.2, -0.15) is 0 Å². The van der Waals surface area contributed by atoms with Crippen LogP contribution in [0.3, 0.4) is 0 Å². The molecule has 0 bridgehead atoms. The number of fused-ring (bicyclic) bond motifs is 1. The van der Waals surface area contributed by atoms with E-state index in [0.717, 1.165) is 5.56 Å². The van der Waals surface area contributed by atoms with Gasteiger partial charge in [-0.3, -0.25) is 9.20 Å². The lowest BCUT2D eigenvalue weighted by atomic mass is 10.1. The summed E-state index contributed by atoms with van der Waals surface area (Å²) in [5, 5.41) is 0.540. The molecule has 0 aliphatic carbocycles. The lowest BCUT2D eigenvalue weighted by Crippen LogP contribution is -2.05. The Bertz CT molecular complexity index is 1280. The third kappa shape index (κ3) is 3.90. The van der Waals surface area contributed by atoms with E-state index in [9.17, 15) is 9.59 Å². The van der Waals surface area contributed by atoms with Gasteiger partial charge in [0.25, 0.3) is 0 Å². The number of halogens is 1. The van der Waals surface area contributed by atoms with Gasteiger partial charge in [0.1, 0.15) is 12.1 Å². The van der Waals surface area contributed by atoms with Gasteiger partial charge < -0.3 is 9.47 Å². The molecule has 7 heteroatoms. The summed E-state index contributed by atoms with van der Waals surface area (Å²) in [6.45, 7) is 1.96. The van der Waals surface area contributed by atoms with E-state index >= 15 is 0 Å². The molecule has 6 nitrogen and oxygen atoms in total. The van der Waals surface area contributed by atoms with Crippen molar-refractivity contribution in [2.45, 2.75) is 6.92 Å². The van der Waals surface area contributed by atoms with Gasteiger partial charge in [0.15, 0.2) is 0 Å². The molecule has 4 rings (SSSR count). The minimum Gasteiger partial charge on any atom is -0.497 e. The van der Waals surface area contributed by atoms with Gasteiger partial charge in [0.05, 0.1) is 36.2 Å². The summed E-state index contributed by atoms with van der Waals surface area (Å²) in [7, 11) is 1.56. The van der Waals surface area contributed by atoms with Gasteiger partial charge >= 0.3 is 5.97 Å². The Hall–Kier alpha value is -3.64. The van der Waals surface area contributed by atoms with Crippen LogP contribution in [0.25, 0.3) is 16.8 Å². The van der Waals surface area contributed by atoms with E-state index in [2.05, 4.69) is 4.98 Å². The maximum absolute atomic E-state index is 13.2. The van der Waals surface area contributed by atoms with E-state index in [0.29, 0.717) is 33.2 Å². The van der Waals surface area contributed by atoms with Gasteiger partial charge in [-0.1, -0.05) is 29.8 Å². The molecule has 4 aromatic rings. The summed E-state index contributed by atoms with van der Waals surface area (Å²) >= 11 is 6.32. The first-order valence-corrected chi connectivity index (χ1v) is 10.0. The number of hydrogen-bond acceptors (Lipinski definition) is 5. The third-order valence-electron chi connectivity index (χ3n) is 4.89. The molecule has 156 valence electrons. The first-order valence-electron chi connectivity index (χ1n) is 9.65. The van der Waals surface area contributed by atoms with Crippen LogP contribution < -0.4 is 4.74 Å². The van der Waals surface area contributed by atoms with Gasteiger partial charge in [0, 0.05) is 16.1 Å². The topological polar surface area (TPSA) is 69.9 Å². The number of rotatable bonds is 6. The van der Waals surface area contributed by atoms with Crippen LogP contribution in [0, 0.1) is 0 Å². The quantitative estimate of drug-likeness (QED) is 0.313. The van der Waals surface area contributed by atoms with E-state index in [4.69, 9.17) is 21.1 Å². The number of aromatic nitrogens is 2. The number of methoxy groups -OCH3 is 1. The molecule has 0 radical (unpaired) electrons. The van der Waals surface area contributed by atoms with Crippen LogP contribution in [0.2, 0.25) is 5.02 Å². The number of carbonyl (C=O) groups is 2.